The van der Waals surface area contributed by atoms with E-state index in [0.717, 1.165) is 50.4 Å². The van der Waals surface area contributed by atoms with Gasteiger partial charge in [-0.05, 0) is 43.9 Å². The van der Waals surface area contributed by atoms with Crippen LogP contribution in [0, 0.1) is 0 Å². The normalized spacial score (nSPS) is 19.7. The number of nitrogens with zero attached hydrogens (tertiary/aromatic N) is 2. The van der Waals surface area contributed by atoms with Gasteiger partial charge in [0.05, 0.1) is 10.6 Å². The van der Waals surface area contributed by atoms with Crippen molar-refractivity contribution in [3.8, 4) is 0 Å². The molecule has 2 aliphatic heterocycles. The van der Waals surface area contributed by atoms with Crippen molar-refractivity contribution in [3.63, 3.8) is 0 Å². The number of hydrogen-bond acceptors (Lipinski definition) is 4. The van der Waals surface area contributed by atoms with Gasteiger partial charge >= 0.3 is 0 Å². The van der Waals surface area contributed by atoms with Gasteiger partial charge in [-0.2, -0.15) is 0 Å². The molecule has 2 aliphatic rings. The van der Waals surface area contributed by atoms with Crippen LogP contribution in [-0.4, -0.2) is 40.9 Å². The van der Waals surface area contributed by atoms with Gasteiger partial charge < -0.3 is 9.80 Å². The minimum absolute atomic E-state index is 0. The van der Waals surface area contributed by atoms with Crippen LogP contribution in [-0.2, 0) is 9.84 Å². The Kier molecular flexibility index (Phi) is 7.44. The molecule has 0 saturated carbocycles. The maximum absolute atomic E-state index is 12.4. The van der Waals surface area contributed by atoms with E-state index in [4.69, 9.17) is 0 Å². The van der Waals surface area contributed by atoms with Gasteiger partial charge in [0.15, 0.2) is 9.84 Å². The highest BCUT2D eigenvalue weighted by molar-refractivity contribution is 7.90. The Morgan fingerprint density at radius 1 is 0.760 bits per heavy atom. The van der Waals surface area contributed by atoms with E-state index < -0.39 is 9.84 Å². The van der Waals surface area contributed by atoms with Crippen molar-refractivity contribution in [1.29, 1.82) is 0 Å². The second-order valence-electron chi connectivity index (χ2n) is 7.23. The number of sulfone groups is 1. The molecular weight excluding hydrogens is 356 g/mol. The first kappa shape index (κ1) is 20.4. The minimum Gasteiger partial charge on any atom is -0.372 e. The van der Waals surface area contributed by atoms with Crippen molar-refractivity contribution in [1.82, 2.24) is 0 Å². The van der Waals surface area contributed by atoms with Gasteiger partial charge in [-0.25, -0.2) is 8.42 Å². The summed E-state index contributed by atoms with van der Waals surface area (Å²) in [7, 11) is -3.23. The van der Waals surface area contributed by atoms with E-state index in [1.54, 1.807) is 0 Å². The lowest BCUT2D eigenvalue weighted by Crippen LogP contribution is -2.27. The predicted molar refractivity (Wildman–Crippen MR) is 108 cm³/mol. The summed E-state index contributed by atoms with van der Waals surface area (Å²) in [5.74, 6) is 0. The van der Waals surface area contributed by atoms with Crippen molar-refractivity contribution in [2.24, 2.45) is 0 Å². The summed E-state index contributed by atoms with van der Waals surface area (Å²) in [4.78, 5) is 5.13. The first-order valence-electron chi connectivity index (χ1n) is 9.40. The average molecular weight is 387 g/mol. The van der Waals surface area contributed by atoms with E-state index in [1.807, 2.05) is 12.1 Å². The van der Waals surface area contributed by atoms with Gasteiger partial charge in [0.1, 0.15) is 0 Å². The van der Waals surface area contributed by atoms with Gasteiger partial charge in [0.25, 0.3) is 0 Å². The van der Waals surface area contributed by atoms with Gasteiger partial charge in [-0.1, -0.05) is 25.7 Å². The van der Waals surface area contributed by atoms with E-state index >= 15 is 0 Å². The molecule has 0 amide bonds. The lowest BCUT2D eigenvalue weighted by molar-refractivity contribution is 0.601. The van der Waals surface area contributed by atoms with Crippen LogP contribution in [0.5, 0.6) is 0 Å². The van der Waals surface area contributed by atoms with Crippen molar-refractivity contribution in [2.45, 2.75) is 56.3 Å². The molecule has 1 aromatic rings. The molecule has 0 N–H and O–H groups in total. The molecule has 0 bridgehead atoms. The van der Waals surface area contributed by atoms with Gasteiger partial charge in [0.2, 0.25) is 0 Å². The smallest absolute Gasteiger partial charge is 0.177 e. The van der Waals surface area contributed by atoms with Crippen LogP contribution >= 0.6 is 12.4 Å². The maximum atomic E-state index is 12.4. The Hall–Kier alpha value is -0.940. The molecule has 2 fully saturated rings. The number of rotatable bonds is 3. The molecule has 0 radical (unpaired) electrons. The summed E-state index contributed by atoms with van der Waals surface area (Å²) < 4.78 is 24.9. The van der Waals surface area contributed by atoms with Crippen LogP contribution in [0.25, 0.3) is 0 Å². The highest BCUT2D eigenvalue weighted by Crippen LogP contribution is 2.32. The molecule has 3 rings (SSSR count). The lowest BCUT2D eigenvalue weighted by Gasteiger charge is -2.28. The summed E-state index contributed by atoms with van der Waals surface area (Å²) in [5, 5.41) is 0. The SMILES string of the molecule is CS(=O)(=O)c1cc(N2CCCCCC2)ccc1N1CCCCCC1.Cl. The second kappa shape index (κ2) is 9.13. The molecule has 0 aromatic heterocycles. The van der Waals surface area contributed by atoms with Crippen molar-refractivity contribution >= 4 is 33.6 Å². The molecule has 0 atom stereocenters. The molecule has 4 nitrogen and oxygen atoms in total. The number of benzene rings is 1. The molecular formula is C19H31ClN2O2S. The Labute approximate surface area is 158 Å². The Balaban J connectivity index is 0.00000225. The van der Waals surface area contributed by atoms with Crippen LogP contribution in [0.3, 0.4) is 0 Å². The number of anilines is 2. The summed E-state index contributed by atoms with van der Waals surface area (Å²) in [6, 6.07) is 6.09. The van der Waals surface area contributed by atoms with Crippen LogP contribution in [0.2, 0.25) is 0 Å². The fraction of sp³-hybridized carbons (Fsp3) is 0.684. The molecule has 6 heteroatoms. The highest BCUT2D eigenvalue weighted by Gasteiger charge is 2.21. The summed E-state index contributed by atoms with van der Waals surface area (Å²) in [6.45, 7) is 4.00. The van der Waals surface area contributed by atoms with E-state index in [9.17, 15) is 8.42 Å². The van der Waals surface area contributed by atoms with Crippen molar-refractivity contribution < 1.29 is 8.42 Å². The molecule has 25 heavy (non-hydrogen) atoms. The lowest BCUT2D eigenvalue weighted by atomic mass is 10.2. The van der Waals surface area contributed by atoms with Gasteiger partial charge in [-0.15, -0.1) is 12.4 Å². The monoisotopic (exact) mass is 386 g/mol. The molecule has 0 unspecified atom stereocenters. The second-order valence-corrected chi connectivity index (χ2v) is 9.21. The number of halogens is 1. The van der Waals surface area contributed by atoms with E-state index in [2.05, 4.69) is 15.9 Å². The van der Waals surface area contributed by atoms with E-state index in [1.165, 1.54) is 44.8 Å². The standard InChI is InChI=1S/C19H30N2O2S.ClH/c1-24(22,23)19-16-17(20-12-6-2-3-7-13-20)10-11-18(19)21-14-8-4-5-9-15-21;/h10-11,16H,2-9,12-15H2,1H3;1H. The zero-order valence-electron chi connectivity index (χ0n) is 15.2. The first-order chi connectivity index (χ1) is 11.6. The number of hydrogen-bond donors (Lipinski definition) is 0. The largest absolute Gasteiger partial charge is 0.372 e. The molecule has 0 spiro atoms. The third kappa shape index (κ3) is 5.27. The minimum atomic E-state index is -3.23. The quantitative estimate of drug-likeness (QED) is 0.777. The molecule has 2 saturated heterocycles. The van der Waals surface area contributed by atoms with E-state index in [-0.39, 0.29) is 12.4 Å². The molecule has 2 heterocycles. The highest BCUT2D eigenvalue weighted by atomic mass is 35.5. The first-order valence-corrected chi connectivity index (χ1v) is 11.3. The molecule has 142 valence electrons. The summed E-state index contributed by atoms with van der Waals surface area (Å²) in [6.07, 6.45) is 11.1. The van der Waals surface area contributed by atoms with Crippen molar-refractivity contribution in [3.05, 3.63) is 18.2 Å². The predicted octanol–water partition coefficient (Wildman–Crippen LogP) is 4.27. The average Bonchev–Trinajstić information content (AvgIpc) is 2.98. The zero-order valence-corrected chi connectivity index (χ0v) is 16.9. The third-order valence-corrected chi connectivity index (χ3v) is 6.39. The van der Waals surface area contributed by atoms with Gasteiger partial charge in [0, 0.05) is 38.1 Å². The Morgan fingerprint density at radius 3 is 1.72 bits per heavy atom. The van der Waals surface area contributed by atoms with Crippen LogP contribution in [0.1, 0.15) is 51.4 Å². The van der Waals surface area contributed by atoms with Crippen LogP contribution in [0.4, 0.5) is 11.4 Å². The molecule has 0 aliphatic carbocycles. The third-order valence-electron chi connectivity index (χ3n) is 5.26. The zero-order chi connectivity index (χ0) is 17.0. The maximum Gasteiger partial charge on any atom is 0.177 e. The fourth-order valence-electron chi connectivity index (χ4n) is 3.90. The van der Waals surface area contributed by atoms with Crippen molar-refractivity contribution in [2.75, 3.05) is 42.2 Å². The van der Waals surface area contributed by atoms with Gasteiger partial charge in [-0.3, -0.25) is 0 Å². The fourth-order valence-corrected chi connectivity index (χ4v) is 4.81. The Bertz CT molecular complexity index is 647. The summed E-state index contributed by atoms with van der Waals surface area (Å²) >= 11 is 0. The van der Waals surface area contributed by atoms with Crippen LogP contribution < -0.4 is 9.80 Å². The van der Waals surface area contributed by atoms with Crippen LogP contribution in [0.15, 0.2) is 23.1 Å². The molecule has 1 aromatic carbocycles. The summed E-state index contributed by atoms with van der Waals surface area (Å²) in [5.41, 5.74) is 1.97. The Morgan fingerprint density at radius 2 is 1.24 bits per heavy atom. The topological polar surface area (TPSA) is 40.6 Å². The van der Waals surface area contributed by atoms with E-state index in [0.29, 0.717) is 4.90 Å².